The van der Waals surface area contributed by atoms with E-state index in [-0.39, 0.29) is 15.4 Å². The molecule has 0 atom stereocenters. The Morgan fingerprint density at radius 1 is 1.00 bits per heavy atom. The third kappa shape index (κ3) is 2.45. The molecule has 0 aliphatic carbocycles. The van der Waals surface area contributed by atoms with Crippen molar-refractivity contribution in [3.8, 4) is 6.07 Å². The van der Waals surface area contributed by atoms with Gasteiger partial charge in [0.05, 0.1) is 15.4 Å². The fourth-order valence-corrected chi connectivity index (χ4v) is 3.89. The summed E-state index contributed by atoms with van der Waals surface area (Å²) in [6, 6.07) is 12.0. The van der Waals surface area contributed by atoms with Crippen molar-refractivity contribution in [1.82, 2.24) is 0 Å². The maximum absolute atomic E-state index is 12.7. The molecule has 0 spiro atoms. The van der Waals surface area contributed by atoms with Gasteiger partial charge in [-0.05, 0) is 55.7 Å². The van der Waals surface area contributed by atoms with Crippen LogP contribution in [-0.4, -0.2) is 8.42 Å². The van der Waals surface area contributed by atoms with Gasteiger partial charge >= 0.3 is 0 Å². The molecule has 20 heavy (non-hydrogen) atoms. The molecule has 0 saturated carbocycles. The van der Waals surface area contributed by atoms with Crippen molar-refractivity contribution in [3.05, 3.63) is 58.7 Å². The highest BCUT2D eigenvalue weighted by Gasteiger charge is 2.22. The molecular weight excluding hydrogens is 270 g/mol. The second kappa shape index (κ2) is 5.10. The number of sulfone groups is 1. The first-order chi connectivity index (χ1) is 9.36. The van der Waals surface area contributed by atoms with Crippen LogP contribution in [0.1, 0.15) is 22.3 Å². The summed E-state index contributed by atoms with van der Waals surface area (Å²) in [6.07, 6.45) is 0. The highest BCUT2D eigenvalue weighted by Crippen LogP contribution is 2.27. The molecule has 0 bridgehead atoms. The van der Waals surface area contributed by atoms with Crippen molar-refractivity contribution >= 4 is 9.84 Å². The van der Waals surface area contributed by atoms with E-state index in [9.17, 15) is 13.7 Å². The van der Waals surface area contributed by atoms with Crippen molar-refractivity contribution in [2.24, 2.45) is 0 Å². The van der Waals surface area contributed by atoms with Crippen LogP contribution >= 0.6 is 0 Å². The third-order valence-electron chi connectivity index (χ3n) is 3.14. The van der Waals surface area contributed by atoms with Crippen molar-refractivity contribution in [1.29, 1.82) is 5.26 Å². The summed E-state index contributed by atoms with van der Waals surface area (Å²) >= 11 is 0. The molecule has 2 aromatic rings. The summed E-state index contributed by atoms with van der Waals surface area (Å²) in [7, 11) is -3.67. The quantitative estimate of drug-likeness (QED) is 0.850. The fraction of sp³-hybridized carbons (Fsp3) is 0.188. The Morgan fingerprint density at radius 3 is 2.15 bits per heavy atom. The standard InChI is InChI=1S/C16H15NO2S/c1-11-7-12(2)9-14(8-11)20(18,19)16-6-4-5-13(3)15(16)10-17/h4-9H,1-3H3. The zero-order valence-corrected chi connectivity index (χ0v) is 12.5. The average molecular weight is 285 g/mol. The molecule has 0 saturated heterocycles. The second-order valence-corrected chi connectivity index (χ2v) is 6.80. The summed E-state index contributed by atoms with van der Waals surface area (Å²) in [5.74, 6) is 0. The number of nitriles is 1. The van der Waals surface area contributed by atoms with Crippen LogP contribution in [-0.2, 0) is 9.84 Å². The Hall–Kier alpha value is -2.12. The van der Waals surface area contributed by atoms with Gasteiger partial charge in [-0.3, -0.25) is 0 Å². The molecule has 0 aromatic heterocycles. The highest BCUT2D eigenvalue weighted by atomic mass is 32.2. The first-order valence-corrected chi connectivity index (χ1v) is 7.67. The maximum Gasteiger partial charge on any atom is 0.207 e. The molecule has 4 heteroatoms. The molecule has 2 rings (SSSR count). The van der Waals surface area contributed by atoms with E-state index in [4.69, 9.17) is 0 Å². The molecule has 0 fully saturated rings. The number of aryl methyl sites for hydroxylation is 3. The number of nitrogens with zero attached hydrogens (tertiary/aromatic N) is 1. The predicted octanol–water partition coefficient (Wildman–Crippen LogP) is 3.32. The van der Waals surface area contributed by atoms with E-state index >= 15 is 0 Å². The van der Waals surface area contributed by atoms with Crippen LogP contribution < -0.4 is 0 Å². The van der Waals surface area contributed by atoms with Crippen LogP contribution in [0.3, 0.4) is 0 Å². The summed E-state index contributed by atoms with van der Waals surface area (Å²) in [6.45, 7) is 5.44. The smallest absolute Gasteiger partial charge is 0.207 e. The summed E-state index contributed by atoms with van der Waals surface area (Å²) in [5.41, 5.74) is 2.65. The largest absolute Gasteiger partial charge is 0.218 e. The number of hydrogen-bond acceptors (Lipinski definition) is 3. The van der Waals surface area contributed by atoms with Crippen LogP contribution in [0, 0.1) is 32.1 Å². The number of hydrogen-bond donors (Lipinski definition) is 0. The van der Waals surface area contributed by atoms with E-state index in [0.29, 0.717) is 5.56 Å². The van der Waals surface area contributed by atoms with Gasteiger partial charge in [0.15, 0.2) is 0 Å². The molecule has 0 heterocycles. The van der Waals surface area contributed by atoms with E-state index in [1.165, 1.54) is 6.07 Å². The van der Waals surface area contributed by atoms with Crippen LogP contribution in [0.25, 0.3) is 0 Å². The van der Waals surface area contributed by atoms with Gasteiger partial charge in [0, 0.05) is 0 Å². The zero-order valence-electron chi connectivity index (χ0n) is 11.6. The van der Waals surface area contributed by atoms with Gasteiger partial charge in [-0.15, -0.1) is 0 Å². The summed E-state index contributed by atoms with van der Waals surface area (Å²) in [5, 5.41) is 9.20. The lowest BCUT2D eigenvalue weighted by molar-refractivity contribution is 0.595. The predicted molar refractivity (Wildman–Crippen MR) is 77.3 cm³/mol. The van der Waals surface area contributed by atoms with Crippen molar-refractivity contribution in [2.45, 2.75) is 30.6 Å². The normalized spacial score (nSPS) is 11.1. The van der Waals surface area contributed by atoms with Crippen LogP contribution in [0.2, 0.25) is 0 Å². The van der Waals surface area contributed by atoms with Crippen LogP contribution in [0.4, 0.5) is 0 Å². The molecule has 0 radical (unpaired) electrons. The molecule has 102 valence electrons. The van der Waals surface area contributed by atoms with Gasteiger partial charge in [-0.25, -0.2) is 8.42 Å². The van der Waals surface area contributed by atoms with Crippen molar-refractivity contribution in [3.63, 3.8) is 0 Å². The Morgan fingerprint density at radius 2 is 1.60 bits per heavy atom. The first kappa shape index (κ1) is 14.3. The maximum atomic E-state index is 12.7. The minimum atomic E-state index is -3.67. The molecule has 0 amide bonds. The van der Waals surface area contributed by atoms with Gasteiger partial charge in [-0.1, -0.05) is 18.2 Å². The minimum Gasteiger partial charge on any atom is -0.218 e. The van der Waals surface area contributed by atoms with Gasteiger partial charge in [-0.2, -0.15) is 5.26 Å². The Labute approximate surface area is 119 Å². The molecular formula is C16H15NO2S. The van der Waals surface area contributed by atoms with Crippen LogP contribution in [0.15, 0.2) is 46.2 Å². The lowest BCUT2D eigenvalue weighted by Gasteiger charge is -2.10. The lowest BCUT2D eigenvalue weighted by atomic mass is 10.1. The SMILES string of the molecule is Cc1cc(C)cc(S(=O)(=O)c2cccc(C)c2C#N)c1. The molecule has 0 unspecified atom stereocenters. The zero-order chi connectivity index (χ0) is 14.9. The molecule has 0 aliphatic heterocycles. The molecule has 0 aliphatic rings. The monoisotopic (exact) mass is 285 g/mol. The fourth-order valence-electron chi connectivity index (χ4n) is 2.22. The Bertz CT molecular complexity index is 795. The minimum absolute atomic E-state index is 0.0741. The Kier molecular flexibility index (Phi) is 3.65. The summed E-state index contributed by atoms with van der Waals surface area (Å²) in [4.78, 5) is 0.308. The first-order valence-electron chi connectivity index (χ1n) is 6.19. The highest BCUT2D eigenvalue weighted by molar-refractivity contribution is 7.91. The topological polar surface area (TPSA) is 57.9 Å². The third-order valence-corrected chi connectivity index (χ3v) is 4.92. The van der Waals surface area contributed by atoms with Crippen LogP contribution in [0.5, 0.6) is 0 Å². The van der Waals surface area contributed by atoms with Gasteiger partial charge in [0.25, 0.3) is 0 Å². The Balaban J connectivity index is 2.74. The van der Waals surface area contributed by atoms with Crippen molar-refractivity contribution in [2.75, 3.05) is 0 Å². The van der Waals surface area contributed by atoms with E-state index in [2.05, 4.69) is 0 Å². The molecule has 2 aromatic carbocycles. The number of rotatable bonds is 2. The molecule has 0 N–H and O–H groups in total. The lowest BCUT2D eigenvalue weighted by Crippen LogP contribution is -2.06. The van der Waals surface area contributed by atoms with E-state index in [0.717, 1.165) is 11.1 Å². The van der Waals surface area contributed by atoms with Gasteiger partial charge < -0.3 is 0 Å². The summed E-state index contributed by atoms with van der Waals surface area (Å²) < 4.78 is 25.4. The number of benzene rings is 2. The second-order valence-electron chi connectivity index (χ2n) is 4.89. The van der Waals surface area contributed by atoms with E-state index in [1.54, 1.807) is 31.2 Å². The van der Waals surface area contributed by atoms with Crippen molar-refractivity contribution < 1.29 is 8.42 Å². The molecule has 3 nitrogen and oxygen atoms in total. The van der Waals surface area contributed by atoms with E-state index in [1.807, 2.05) is 26.0 Å². The van der Waals surface area contributed by atoms with Gasteiger partial charge in [0.1, 0.15) is 6.07 Å². The van der Waals surface area contributed by atoms with E-state index < -0.39 is 9.84 Å². The van der Waals surface area contributed by atoms with Gasteiger partial charge in [0.2, 0.25) is 9.84 Å². The average Bonchev–Trinajstić information content (AvgIpc) is 2.37.